The quantitative estimate of drug-likeness (QED) is 0.154. The predicted molar refractivity (Wildman–Crippen MR) is 147 cm³/mol. The van der Waals surface area contributed by atoms with E-state index in [0.29, 0.717) is 31.3 Å². The number of amides is 1. The van der Waals surface area contributed by atoms with Crippen molar-refractivity contribution in [3.63, 3.8) is 0 Å². The number of nitrogens with one attached hydrogen (secondary N) is 1. The molecule has 1 aromatic carbocycles. The molecule has 209 valence electrons. The molecular weight excluding hydrogens is 471 g/mol. The van der Waals surface area contributed by atoms with Gasteiger partial charge in [-0.1, -0.05) is 39.2 Å². The summed E-state index contributed by atoms with van der Waals surface area (Å²) < 4.78 is 22.0. The fourth-order valence-corrected chi connectivity index (χ4v) is 4.94. The van der Waals surface area contributed by atoms with E-state index >= 15 is 0 Å². The third-order valence-electron chi connectivity index (χ3n) is 7.32. The zero-order valence-corrected chi connectivity index (χ0v) is 23.2. The Kier molecular flexibility index (Phi) is 15.0. The summed E-state index contributed by atoms with van der Waals surface area (Å²) in [6.07, 6.45) is 6.82. The second-order valence-electron chi connectivity index (χ2n) is 10.4. The molecule has 1 aliphatic carbocycles. The lowest BCUT2D eigenvalue weighted by atomic mass is 9.68. The summed E-state index contributed by atoms with van der Waals surface area (Å²) in [4.78, 5) is 12.6. The molecule has 1 amide bonds. The molecule has 1 aromatic rings. The average Bonchev–Trinajstić information content (AvgIpc) is 2.91. The fourth-order valence-electron chi connectivity index (χ4n) is 4.94. The largest absolute Gasteiger partial charge is 0.493 e. The van der Waals surface area contributed by atoms with Gasteiger partial charge >= 0.3 is 0 Å². The van der Waals surface area contributed by atoms with Crippen molar-refractivity contribution in [2.45, 2.75) is 77.1 Å². The molecule has 1 saturated carbocycles. The number of aliphatic hydroxyl groups is 1. The molecule has 37 heavy (non-hydrogen) atoms. The van der Waals surface area contributed by atoms with Crippen molar-refractivity contribution in [2.75, 3.05) is 40.7 Å². The van der Waals surface area contributed by atoms with Crippen LogP contribution < -0.4 is 20.5 Å². The van der Waals surface area contributed by atoms with Gasteiger partial charge in [-0.05, 0) is 61.0 Å². The van der Waals surface area contributed by atoms with Crippen LogP contribution in [-0.2, 0) is 20.6 Å². The Morgan fingerprint density at radius 1 is 1.16 bits per heavy atom. The van der Waals surface area contributed by atoms with Gasteiger partial charge in [-0.15, -0.1) is 0 Å². The minimum absolute atomic E-state index is 0.0479. The van der Waals surface area contributed by atoms with Crippen LogP contribution in [0.5, 0.6) is 11.5 Å². The number of rotatable bonds is 18. The summed E-state index contributed by atoms with van der Waals surface area (Å²) in [7, 11) is 4.96. The molecule has 4 N–H and O–H groups in total. The van der Waals surface area contributed by atoms with E-state index in [9.17, 15) is 9.90 Å². The molecule has 0 saturated heterocycles. The number of aliphatic hydroxyl groups excluding tert-OH is 1. The van der Waals surface area contributed by atoms with Crippen molar-refractivity contribution < 1.29 is 28.8 Å². The Bertz CT molecular complexity index is 775. The van der Waals surface area contributed by atoms with Crippen LogP contribution >= 0.6 is 0 Å². The molecule has 1 radical (unpaired) electrons. The number of methoxy groups -OCH3 is 2. The predicted octanol–water partition coefficient (Wildman–Crippen LogP) is 3.71. The Hall–Kier alpha value is -1.81. The highest BCUT2D eigenvalue weighted by Crippen LogP contribution is 2.33. The highest BCUT2D eigenvalue weighted by atomic mass is 16.5. The Labute approximate surface area is 224 Å². The first-order valence-corrected chi connectivity index (χ1v) is 13.8. The third kappa shape index (κ3) is 11.2. The van der Waals surface area contributed by atoms with Gasteiger partial charge in [0.25, 0.3) is 7.48 Å². The molecule has 1 fully saturated rings. The maximum Gasteiger partial charge on any atom is 0.300 e. The molecule has 2 rings (SSSR count). The zero-order valence-electron chi connectivity index (χ0n) is 23.2. The van der Waals surface area contributed by atoms with Crippen LogP contribution in [0.25, 0.3) is 0 Å². The molecule has 0 unspecified atom stereocenters. The minimum Gasteiger partial charge on any atom is -0.493 e. The molecule has 8 nitrogen and oxygen atoms in total. The van der Waals surface area contributed by atoms with Crippen LogP contribution in [0.4, 0.5) is 0 Å². The molecule has 0 bridgehead atoms. The first-order chi connectivity index (χ1) is 17.9. The van der Waals surface area contributed by atoms with Gasteiger partial charge in [0.1, 0.15) is 0 Å². The number of carbonyl (C=O) groups excluding carboxylic acids is 1. The lowest BCUT2D eigenvalue weighted by Crippen LogP contribution is -2.40. The van der Waals surface area contributed by atoms with Crippen molar-refractivity contribution in [3.05, 3.63) is 23.8 Å². The van der Waals surface area contributed by atoms with Crippen LogP contribution in [0.3, 0.4) is 0 Å². The van der Waals surface area contributed by atoms with Gasteiger partial charge < -0.3 is 35.0 Å². The molecule has 1 aliphatic rings. The highest BCUT2D eigenvalue weighted by molar-refractivity contribution is 6.29. The van der Waals surface area contributed by atoms with Gasteiger partial charge in [0.15, 0.2) is 11.5 Å². The normalized spacial score (nSPS) is 16.7. The van der Waals surface area contributed by atoms with Crippen LogP contribution in [0, 0.1) is 17.8 Å². The van der Waals surface area contributed by atoms with Gasteiger partial charge in [0.2, 0.25) is 5.91 Å². The maximum atomic E-state index is 12.6. The molecule has 0 aliphatic heterocycles. The van der Waals surface area contributed by atoms with Gasteiger partial charge in [0.05, 0.1) is 26.6 Å². The van der Waals surface area contributed by atoms with E-state index in [1.165, 1.54) is 6.42 Å². The van der Waals surface area contributed by atoms with E-state index in [4.69, 9.17) is 24.6 Å². The highest BCUT2D eigenvalue weighted by Gasteiger charge is 2.29. The van der Waals surface area contributed by atoms with E-state index < -0.39 is 6.10 Å². The minimum atomic E-state index is -0.754. The Morgan fingerprint density at radius 3 is 2.57 bits per heavy atom. The Morgan fingerprint density at radius 2 is 1.92 bits per heavy atom. The first-order valence-electron chi connectivity index (χ1n) is 13.8. The first kappa shape index (κ1) is 31.4. The van der Waals surface area contributed by atoms with E-state index in [1.54, 1.807) is 21.7 Å². The number of carbonyl (C=O) groups is 1. The average molecular weight is 520 g/mol. The van der Waals surface area contributed by atoms with Gasteiger partial charge in [-0.2, -0.15) is 0 Å². The fraction of sp³-hybridized carbons (Fsp3) is 0.750. The summed E-state index contributed by atoms with van der Waals surface area (Å²) in [5.74, 6) is 1.91. The van der Waals surface area contributed by atoms with Crippen LogP contribution in [0.15, 0.2) is 18.2 Å². The van der Waals surface area contributed by atoms with Crippen molar-refractivity contribution in [2.24, 2.45) is 23.5 Å². The molecular formula is C28H48BN2O6. The molecule has 9 heteroatoms. The standard InChI is InChI=1S/C28H48BN2O6/c1-20(2)23(15-21-11-12-26(35-4)27(16-21)36-14-8-13-34-3)17-24(29-37-19-30)25(32)18-31-28(33)22-9-6-5-7-10-22/h11-12,16,20,22-25,32H,5-10,13-15,17-19,30H2,1-4H3,(H,31,33)/t23-,24-,25-/m0/s1. The number of benzene rings is 1. The zero-order chi connectivity index (χ0) is 27.0. The summed E-state index contributed by atoms with van der Waals surface area (Å²) in [5, 5.41) is 14.0. The van der Waals surface area contributed by atoms with Gasteiger partial charge in [-0.3, -0.25) is 4.79 Å². The lowest BCUT2D eigenvalue weighted by molar-refractivity contribution is -0.126. The van der Waals surface area contributed by atoms with E-state index in [2.05, 4.69) is 25.2 Å². The monoisotopic (exact) mass is 519 g/mol. The third-order valence-corrected chi connectivity index (χ3v) is 7.32. The maximum absolute atomic E-state index is 12.6. The van der Waals surface area contributed by atoms with E-state index in [0.717, 1.165) is 49.8 Å². The van der Waals surface area contributed by atoms with Crippen LogP contribution in [0.1, 0.15) is 64.4 Å². The molecule has 0 spiro atoms. The topological polar surface area (TPSA) is 112 Å². The number of nitrogens with two attached hydrogens (primary N) is 1. The van der Waals surface area contributed by atoms with Crippen molar-refractivity contribution in [1.82, 2.24) is 5.32 Å². The molecule has 0 aromatic heterocycles. The molecule has 0 heterocycles. The Balaban J connectivity index is 2.03. The smallest absolute Gasteiger partial charge is 0.300 e. The summed E-state index contributed by atoms with van der Waals surface area (Å²) in [6, 6.07) is 6.04. The number of hydrogen-bond acceptors (Lipinski definition) is 7. The van der Waals surface area contributed by atoms with Gasteiger partial charge in [-0.25, -0.2) is 0 Å². The van der Waals surface area contributed by atoms with Crippen molar-refractivity contribution >= 4 is 13.4 Å². The van der Waals surface area contributed by atoms with Gasteiger partial charge in [0, 0.05) is 32.6 Å². The second-order valence-corrected chi connectivity index (χ2v) is 10.4. The number of ether oxygens (including phenoxy) is 3. The summed E-state index contributed by atoms with van der Waals surface area (Å²) in [5.41, 5.74) is 6.71. The summed E-state index contributed by atoms with van der Waals surface area (Å²) >= 11 is 0. The number of hydrogen-bond donors (Lipinski definition) is 3. The van der Waals surface area contributed by atoms with E-state index in [-0.39, 0.29) is 36.8 Å². The molecule has 3 atom stereocenters. The lowest BCUT2D eigenvalue weighted by Gasteiger charge is -2.30. The van der Waals surface area contributed by atoms with Crippen molar-refractivity contribution in [3.8, 4) is 11.5 Å². The second kappa shape index (κ2) is 17.7. The SMILES string of the molecule is COCCCOc1cc(C[C@@H](C[C@H]([B]OCN)[C@@H](O)CNC(=O)C2CCCCC2)C(C)C)ccc1OC. The van der Waals surface area contributed by atoms with Crippen LogP contribution in [0.2, 0.25) is 5.82 Å². The van der Waals surface area contributed by atoms with Crippen molar-refractivity contribution in [1.29, 1.82) is 0 Å². The van der Waals surface area contributed by atoms with E-state index in [1.807, 2.05) is 12.1 Å². The van der Waals surface area contributed by atoms with Crippen LogP contribution in [-0.4, -0.2) is 65.3 Å². The summed E-state index contributed by atoms with van der Waals surface area (Å²) in [6.45, 7) is 5.82.